The number of carbonyl (C=O) groups is 1. The number of hydrogen-bond acceptors (Lipinski definition) is 4. The zero-order valence-corrected chi connectivity index (χ0v) is 10.1. The lowest BCUT2D eigenvalue weighted by Crippen LogP contribution is -2.37. The zero-order valence-electron chi connectivity index (χ0n) is 10.1. The Bertz CT molecular complexity index is 256. The molecule has 0 radical (unpaired) electrons. The Hall–Kier alpha value is -1.52. The van der Waals surface area contributed by atoms with Gasteiger partial charge in [-0.15, -0.1) is 11.7 Å². The lowest BCUT2D eigenvalue weighted by molar-refractivity contribution is 0.0277. The van der Waals surface area contributed by atoms with E-state index in [1.807, 2.05) is 20.8 Å². The van der Waals surface area contributed by atoms with Gasteiger partial charge >= 0.3 is 6.09 Å². The summed E-state index contributed by atoms with van der Waals surface area (Å²) in [5.41, 5.74) is -0.512. The summed E-state index contributed by atoms with van der Waals surface area (Å²) in [6, 6.07) is 0. The Balaban J connectivity index is 4.28. The molecule has 1 amide bonds. The smallest absolute Gasteiger partial charge is 0.410 e. The molecule has 0 aromatic rings. The van der Waals surface area contributed by atoms with Crippen LogP contribution in [-0.4, -0.2) is 41.1 Å². The summed E-state index contributed by atoms with van der Waals surface area (Å²) in [5, 5.41) is 11.1. The minimum Gasteiger partial charge on any atom is -0.444 e. The average molecular weight is 228 g/mol. The maximum Gasteiger partial charge on any atom is 0.410 e. The summed E-state index contributed by atoms with van der Waals surface area (Å²) in [5.74, 6) is 0. The van der Waals surface area contributed by atoms with Gasteiger partial charge in [0.2, 0.25) is 0 Å². The van der Waals surface area contributed by atoms with Crippen LogP contribution in [-0.2, 0) is 4.74 Å². The Morgan fingerprint density at radius 1 is 1.56 bits per heavy atom. The van der Waals surface area contributed by atoms with Crippen molar-refractivity contribution >= 4 is 12.3 Å². The van der Waals surface area contributed by atoms with E-state index in [9.17, 15) is 4.79 Å². The van der Waals surface area contributed by atoms with Crippen LogP contribution in [0.4, 0.5) is 4.79 Å². The summed E-state index contributed by atoms with van der Waals surface area (Å²) >= 11 is 0. The van der Waals surface area contributed by atoms with E-state index in [2.05, 4.69) is 11.7 Å². The van der Waals surface area contributed by atoms with Crippen LogP contribution in [0.25, 0.3) is 0 Å². The molecule has 0 saturated heterocycles. The molecule has 0 aliphatic rings. The monoisotopic (exact) mass is 228 g/mol. The molecular weight excluding hydrogens is 208 g/mol. The normalized spacial score (nSPS) is 11.4. The molecule has 1 N–H and O–H groups in total. The number of nitrogens with zero attached hydrogens (tertiary/aromatic N) is 2. The highest BCUT2D eigenvalue weighted by molar-refractivity contribution is 5.69. The first-order valence-corrected chi connectivity index (χ1v) is 5.15. The van der Waals surface area contributed by atoms with Crippen molar-refractivity contribution in [3.63, 3.8) is 0 Å². The van der Waals surface area contributed by atoms with Gasteiger partial charge in [0.1, 0.15) is 5.60 Å². The van der Waals surface area contributed by atoms with E-state index in [4.69, 9.17) is 9.94 Å². The lowest BCUT2D eigenvalue weighted by atomic mass is 10.2. The fourth-order valence-electron chi connectivity index (χ4n) is 1.01. The van der Waals surface area contributed by atoms with Gasteiger partial charge < -0.3 is 14.8 Å². The SMILES string of the molecule is C=CCN(CC/C=N/O)C(=O)OC(C)(C)C. The Kier molecular flexibility index (Phi) is 6.22. The van der Waals surface area contributed by atoms with Crippen molar-refractivity contribution in [2.75, 3.05) is 13.1 Å². The van der Waals surface area contributed by atoms with E-state index in [0.29, 0.717) is 19.5 Å². The fourth-order valence-corrected chi connectivity index (χ4v) is 1.01. The van der Waals surface area contributed by atoms with Gasteiger partial charge in [0, 0.05) is 25.7 Å². The van der Waals surface area contributed by atoms with Crippen molar-refractivity contribution in [2.24, 2.45) is 5.16 Å². The predicted molar refractivity (Wildman–Crippen MR) is 62.9 cm³/mol. The number of rotatable bonds is 5. The molecule has 0 aliphatic carbocycles. The molecule has 0 rings (SSSR count). The molecule has 16 heavy (non-hydrogen) atoms. The van der Waals surface area contributed by atoms with Crippen LogP contribution in [0.1, 0.15) is 27.2 Å². The topological polar surface area (TPSA) is 62.1 Å². The zero-order chi connectivity index (χ0) is 12.6. The van der Waals surface area contributed by atoms with E-state index in [-0.39, 0.29) is 0 Å². The van der Waals surface area contributed by atoms with Crippen molar-refractivity contribution in [3.05, 3.63) is 12.7 Å². The average Bonchev–Trinajstić information content (AvgIpc) is 2.14. The third kappa shape index (κ3) is 6.86. The summed E-state index contributed by atoms with van der Waals surface area (Å²) in [6.45, 7) is 9.86. The second-order valence-electron chi connectivity index (χ2n) is 4.30. The summed E-state index contributed by atoms with van der Waals surface area (Å²) in [6.07, 6.45) is 3.04. The molecule has 0 aliphatic heterocycles. The third-order valence-corrected chi connectivity index (χ3v) is 1.61. The second-order valence-corrected chi connectivity index (χ2v) is 4.30. The molecule has 0 spiro atoms. The quantitative estimate of drug-likeness (QED) is 0.340. The third-order valence-electron chi connectivity index (χ3n) is 1.61. The highest BCUT2D eigenvalue weighted by Crippen LogP contribution is 2.10. The fraction of sp³-hybridized carbons (Fsp3) is 0.636. The van der Waals surface area contributed by atoms with Crippen LogP contribution in [0.5, 0.6) is 0 Å². The summed E-state index contributed by atoms with van der Waals surface area (Å²) < 4.78 is 5.22. The van der Waals surface area contributed by atoms with Gasteiger partial charge in [-0.1, -0.05) is 6.08 Å². The number of amides is 1. The van der Waals surface area contributed by atoms with E-state index in [1.54, 1.807) is 6.08 Å². The van der Waals surface area contributed by atoms with Crippen LogP contribution >= 0.6 is 0 Å². The Morgan fingerprint density at radius 2 is 2.19 bits per heavy atom. The van der Waals surface area contributed by atoms with E-state index in [1.165, 1.54) is 11.1 Å². The molecule has 0 atom stereocenters. The van der Waals surface area contributed by atoms with Gasteiger partial charge in [-0.25, -0.2) is 4.79 Å². The first kappa shape index (κ1) is 14.5. The van der Waals surface area contributed by atoms with Gasteiger partial charge in [0.15, 0.2) is 0 Å². The van der Waals surface area contributed by atoms with Crippen molar-refractivity contribution in [3.8, 4) is 0 Å². The number of ether oxygens (including phenoxy) is 1. The number of hydrogen-bond donors (Lipinski definition) is 1. The molecule has 0 fully saturated rings. The van der Waals surface area contributed by atoms with Gasteiger partial charge in [-0.3, -0.25) is 0 Å². The van der Waals surface area contributed by atoms with Crippen LogP contribution in [0.15, 0.2) is 17.8 Å². The van der Waals surface area contributed by atoms with Crippen molar-refractivity contribution in [1.29, 1.82) is 0 Å². The maximum absolute atomic E-state index is 11.7. The maximum atomic E-state index is 11.7. The highest BCUT2D eigenvalue weighted by Gasteiger charge is 2.20. The summed E-state index contributed by atoms with van der Waals surface area (Å²) in [4.78, 5) is 13.2. The second kappa shape index (κ2) is 6.87. The molecule has 0 bridgehead atoms. The van der Waals surface area contributed by atoms with Gasteiger partial charge in [0.25, 0.3) is 0 Å². The first-order valence-electron chi connectivity index (χ1n) is 5.15. The number of carbonyl (C=O) groups excluding carboxylic acids is 1. The van der Waals surface area contributed by atoms with E-state index >= 15 is 0 Å². The largest absolute Gasteiger partial charge is 0.444 e. The van der Waals surface area contributed by atoms with E-state index in [0.717, 1.165) is 0 Å². The molecule has 92 valence electrons. The van der Waals surface area contributed by atoms with Crippen LogP contribution in [0, 0.1) is 0 Å². The molecule has 0 aromatic heterocycles. The molecule has 5 heteroatoms. The van der Waals surface area contributed by atoms with Gasteiger partial charge in [0.05, 0.1) is 0 Å². The molecule has 0 heterocycles. The molecule has 0 aromatic carbocycles. The Labute approximate surface area is 96.4 Å². The van der Waals surface area contributed by atoms with Crippen molar-refractivity contribution in [1.82, 2.24) is 4.90 Å². The van der Waals surface area contributed by atoms with E-state index < -0.39 is 11.7 Å². The standard InChI is InChI=1S/C11H20N2O3/c1-5-8-13(9-6-7-12-15)10(14)16-11(2,3)4/h5,7,15H,1,6,8-9H2,2-4H3/b12-7+. The van der Waals surface area contributed by atoms with Crippen LogP contribution in [0.2, 0.25) is 0 Å². The van der Waals surface area contributed by atoms with Crippen molar-refractivity contribution < 1.29 is 14.7 Å². The lowest BCUT2D eigenvalue weighted by Gasteiger charge is -2.26. The Morgan fingerprint density at radius 3 is 2.62 bits per heavy atom. The highest BCUT2D eigenvalue weighted by atomic mass is 16.6. The van der Waals surface area contributed by atoms with Gasteiger partial charge in [-0.05, 0) is 20.8 Å². The first-order chi connectivity index (χ1) is 7.40. The predicted octanol–water partition coefficient (Wildman–Crippen LogP) is 2.26. The number of oxime groups is 1. The van der Waals surface area contributed by atoms with Gasteiger partial charge in [-0.2, -0.15) is 0 Å². The van der Waals surface area contributed by atoms with Crippen LogP contribution in [0.3, 0.4) is 0 Å². The molecule has 0 unspecified atom stereocenters. The molecule has 0 saturated carbocycles. The minimum atomic E-state index is -0.512. The minimum absolute atomic E-state index is 0.390. The summed E-state index contributed by atoms with van der Waals surface area (Å²) in [7, 11) is 0. The molecule has 5 nitrogen and oxygen atoms in total. The van der Waals surface area contributed by atoms with Crippen LogP contribution < -0.4 is 0 Å². The van der Waals surface area contributed by atoms with Crippen molar-refractivity contribution in [2.45, 2.75) is 32.8 Å². The molecular formula is C11H20N2O3.